The van der Waals surface area contributed by atoms with Crippen molar-refractivity contribution in [2.45, 2.75) is 241 Å². The lowest BCUT2D eigenvalue weighted by Gasteiger charge is -2.61. The van der Waals surface area contributed by atoms with E-state index in [2.05, 4.69) is 68.1 Å². The van der Waals surface area contributed by atoms with Crippen LogP contribution in [0.1, 0.15) is 112 Å². The Labute approximate surface area is 622 Å². The summed E-state index contributed by atoms with van der Waals surface area (Å²) in [6.07, 6.45) is -48.9. The number of hydrogen-bond acceptors (Lipinski definition) is 39. The van der Waals surface area contributed by atoms with Gasteiger partial charge in [0, 0.05) is 0 Å². The molecule has 13 N–H and O–H groups in total. The number of aliphatic hydroxyl groups excluding tert-OH is 4. The fourth-order valence-electron chi connectivity index (χ4n) is 16.9. The van der Waals surface area contributed by atoms with Crippen molar-refractivity contribution in [3.8, 4) is 0 Å². The van der Waals surface area contributed by atoms with Crippen molar-refractivity contribution >= 4 is 93.6 Å². The summed E-state index contributed by atoms with van der Waals surface area (Å²) in [5.74, 6) is 2.86. The van der Waals surface area contributed by atoms with Crippen LogP contribution in [0, 0.1) is 52.3 Å². The molecule has 0 aromatic carbocycles. The fraction of sp³-hybridized carbons (Fsp3) is 1.00. The van der Waals surface area contributed by atoms with Gasteiger partial charge in [-0.3, -0.25) is 41.0 Å². The Balaban J connectivity index is 1.10. The van der Waals surface area contributed by atoms with E-state index in [-0.39, 0.29) is 29.6 Å². The zero-order valence-corrected chi connectivity index (χ0v) is 64.6. The smallest absolute Gasteiger partial charge is 0.387 e. The summed E-state index contributed by atoms with van der Waals surface area (Å²) in [7, 11) is -53.2. The topological polar surface area (TPSA) is 727 Å². The number of aliphatic hydroxyl groups is 4. The molecule has 0 amide bonds. The maximum Gasteiger partial charge on any atom is 0.397 e. The predicted molar refractivity (Wildman–Crippen MR) is 343 cm³/mol. The van der Waals surface area contributed by atoms with Crippen molar-refractivity contribution < 1.29 is 213 Å². The van der Waals surface area contributed by atoms with E-state index in [4.69, 9.17) is 42.1 Å². The van der Waals surface area contributed by atoms with Crippen molar-refractivity contribution in [3.63, 3.8) is 0 Å². The molecule has 0 radical (unpaired) electrons. The first-order valence-corrected chi connectivity index (χ1v) is 45.2. The molecular weight excluding hydrogens is 1670 g/mol. The zero-order valence-electron chi connectivity index (χ0n) is 57.3. The van der Waals surface area contributed by atoms with Gasteiger partial charge in [0.15, 0.2) is 49.6 Å². The largest absolute Gasteiger partial charge is 0.397 e. The standard InChI is InChI=1S/C51H88O48S9/c1-22(2)7-6-8-23(3)27-11-12-28-26-10-9-24-17-25(13-15-50(24,4)29(26)14-16-51(27,28)5)87-46-42(96-105(71,72)73)34(52)38(30(88-46)18-83-100(56,57)58)92-47-43(97-106(74,75)76)35(53)39(31(89-47)19-84-101(59,60)61)93-48-44(98-107(77,78)79)36(54)40(32(90-48)20-85-102(62,63)64)94-49-45(99-108(80,81)82)37(55)41(95-104(68,69)70)33(91-49)21-86-103(65,66)67/h22-49,52-55H,6-21H2,1-5H3,(H,56,57,58)(H,59,60,61)(H,62,63,64)(H,65,66,67)(H,68,69,70)(H,71,72,73)(H,74,75,76)(H,77,78,79)(H,80,81,82)/t23-,24+,25+,26+,27-,28+,29+,30+,31+,32+,33+,34+,35+,36+,37+,38-,39-,40-,41-,42-,43-,44-,45-,46-,47+,48+,49+,50+,51-/m1/s1. The molecule has 29 atom stereocenters. The van der Waals surface area contributed by atoms with Gasteiger partial charge in [-0.15, -0.1) is 0 Å². The Morgan fingerprint density at radius 2 is 0.676 bits per heavy atom. The molecule has 0 spiro atoms. The predicted octanol–water partition coefficient (Wildman–Crippen LogP) is -2.79. The van der Waals surface area contributed by atoms with Gasteiger partial charge in [-0.2, -0.15) is 75.8 Å². The van der Waals surface area contributed by atoms with Gasteiger partial charge in [-0.1, -0.05) is 53.9 Å². The SMILES string of the molecule is CC(C)CCC[C@@H](C)[C@H]1CC[C@H]2[C@@H]3CC[C@H]4C[C@@H](O[C@@H]5O[C@@H](COS(=O)(=O)O)[C@@H](O[C@@H]6O[C@@H](COS(=O)(=O)O)[C@@H](O[C@@H]7O[C@@H](COS(=O)(=O)O)[C@@H](O[C@@H]8O[C@@H](COS(=O)(=O)O)[C@@H](OS(=O)(=O)O)[C@H](O)[C@H]8OS(=O)(=O)O)[C@H](O)[C@H]7OS(=O)(=O)O)[C@H](O)[C@H]6OS(=O)(=O)O)[C@H](O)[C@H]5OS(=O)(=O)O)CC[C@]4(C)[C@H]3CC[C@]12C. The van der Waals surface area contributed by atoms with Crippen LogP contribution < -0.4 is 0 Å². The van der Waals surface area contributed by atoms with E-state index in [1.54, 1.807) is 0 Å². The van der Waals surface area contributed by atoms with Crippen LogP contribution in [0.2, 0.25) is 0 Å². The van der Waals surface area contributed by atoms with Crippen molar-refractivity contribution in [1.29, 1.82) is 0 Å². The number of ether oxygens (including phenoxy) is 8. The Morgan fingerprint density at radius 3 is 1.02 bits per heavy atom. The molecule has 8 rings (SSSR count). The van der Waals surface area contributed by atoms with Gasteiger partial charge in [0.05, 0.1) is 32.5 Å². The van der Waals surface area contributed by atoms with Crippen LogP contribution in [0.25, 0.3) is 0 Å². The van der Waals surface area contributed by atoms with Gasteiger partial charge in [-0.05, 0) is 110 Å². The third kappa shape index (κ3) is 25.0. The molecule has 0 aromatic rings. The molecule has 8 fully saturated rings. The lowest BCUT2D eigenvalue weighted by atomic mass is 9.44. The van der Waals surface area contributed by atoms with E-state index >= 15 is 0 Å². The minimum absolute atomic E-state index is 0.0399. The normalized spacial score (nSPS) is 40.2. The molecule has 4 heterocycles. The molecule has 57 heteroatoms. The van der Waals surface area contributed by atoms with Crippen LogP contribution in [-0.2, 0) is 169 Å². The maximum absolute atomic E-state index is 12.7. The first-order chi connectivity index (χ1) is 49.2. The highest BCUT2D eigenvalue weighted by atomic mass is 32.3. The molecule has 108 heavy (non-hydrogen) atoms. The molecular formula is C51H88O48S9. The highest BCUT2D eigenvalue weighted by Gasteiger charge is 2.64. The summed E-state index contributed by atoms with van der Waals surface area (Å²) in [6.45, 7) is 4.31. The average molecular weight is 1760 g/mol. The second-order valence-corrected chi connectivity index (χ2v) is 38.1. The summed E-state index contributed by atoms with van der Waals surface area (Å²) >= 11 is 0. The minimum atomic E-state index is -6.24. The molecule has 8 aliphatic rings. The van der Waals surface area contributed by atoms with Crippen molar-refractivity contribution in [2.75, 3.05) is 26.4 Å². The third-order valence-electron chi connectivity index (χ3n) is 21.2. The quantitative estimate of drug-likeness (QED) is 0.0225. The summed E-state index contributed by atoms with van der Waals surface area (Å²) in [6, 6.07) is 0. The Hall–Kier alpha value is -1.65. The second kappa shape index (κ2) is 34.9. The number of hydrogen-bond donors (Lipinski definition) is 13. The van der Waals surface area contributed by atoms with Crippen LogP contribution in [0.15, 0.2) is 0 Å². The summed E-state index contributed by atoms with van der Waals surface area (Å²) < 4.78 is 393. The van der Waals surface area contributed by atoms with Gasteiger partial charge in [-0.25, -0.2) is 37.6 Å². The maximum atomic E-state index is 12.7. The molecule has 48 nitrogen and oxygen atoms in total. The fourth-order valence-corrected chi connectivity index (χ4v) is 20.6. The highest BCUT2D eigenvalue weighted by molar-refractivity contribution is 7.82. The van der Waals surface area contributed by atoms with E-state index in [9.17, 15) is 137 Å². The van der Waals surface area contributed by atoms with E-state index in [1.165, 1.54) is 0 Å². The first-order valence-electron chi connectivity index (χ1n) is 32.9. The van der Waals surface area contributed by atoms with Crippen molar-refractivity contribution in [3.05, 3.63) is 0 Å². The van der Waals surface area contributed by atoms with Crippen LogP contribution in [-0.4, -0.2) is 293 Å². The van der Waals surface area contributed by atoms with E-state index in [0.29, 0.717) is 41.9 Å². The molecule has 4 aliphatic heterocycles. The average Bonchev–Trinajstić information content (AvgIpc) is 1.47. The van der Waals surface area contributed by atoms with Gasteiger partial charge in [0.25, 0.3) is 0 Å². The summed E-state index contributed by atoms with van der Waals surface area (Å²) in [4.78, 5) is 0. The molecule has 0 aromatic heterocycles. The van der Waals surface area contributed by atoms with Crippen molar-refractivity contribution in [2.24, 2.45) is 52.3 Å². The molecule has 0 bridgehead atoms. The van der Waals surface area contributed by atoms with Gasteiger partial charge < -0.3 is 58.3 Å². The Morgan fingerprint density at radius 1 is 0.361 bits per heavy atom. The lowest BCUT2D eigenvalue weighted by Crippen LogP contribution is -2.68. The Bertz CT molecular complexity index is 4150. The Kier molecular flexibility index (Phi) is 29.7. The van der Waals surface area contributed by atoms with E-state index in [0.717, 1.165) is 57.8 Å². The summed E-state index contributed by atoms with van der Waals surface area (Å²) in [5, 5.41) is 47.6. The van der Waals surface area contributed by atoms with Gasteiger partial charge in [0.2, 0.25) is 0 Å². The molecule has 4 saturated carbocycles. The monoisotopic (exact) mass is 1760 g/mol. The second-order valence-electron chi connectivity index (χ2n) is 28.4. The van der Waals surface area contributed by atoms with Crippen LogP contribution in [0.5, 0.6) is 0 Å². The zero-order chi connectivity index (χ0) is 81.0. The number of rotatable bonds is 35. The minimum Gasteiger partial charge on any atom is -0.387 e. The summed E-state index contributed by atoms with van der Waals surface area (Å²) in [5.41, 5.74) is -0.0995. The molecule has 0 unspecified atom stereocenters. The van der Waals surface area contributed by atoms with Crippen LogP contribution in [0.3, 0.4) is 0 Å². The van der Waals surface area contributed by atoms with Crippen LogP contribution in [0.4, 0.5) is 0 Å². The van der Waals surface area contributed by atoms with Crippen molar-refractivity contribution in [1.82, 2.24) is 0 Å². The number of fused-ring (bicyclic) bond motifs is 5. The molecule has 4 aliphatic carbocycles. The van der Waals surface area contributed by atoms with Gasteiger partial charge in [0.1, 0.15) is 73.2 Å². The third-order valence-corrected chi connectivity index (χ3v) is 25.2. The lowest BCUT2D eigenvalue weighted by molar-refractivity contribution is -0.383. The molecule has 4 saturated heterocycles. The molecule has 634 valence electrons. The van der Waals surface area contributed by atoms with Gasteiger partial charge >= 0.3 is 93.6 Å². The first kappa shape index (κ1) is 91.9. The van der Waals surface area contributed by atoms with E-state index in [1.807, 2.05) is 0 Å². The highest BCUT2D eigenvalue weighted by Crippen LogP contribution is 2.69. The van der Waals surface area contributed by atoms with Crippen LogP contribution >= 0.6 is 0 Å². The van der Waals surface area contributed by atoms with E-state index < -0.39 is 249 Å².